The summed E-state index contributed by atoms with van der Waals surface area (Å²) < 4.78 is 1.91. The molecule has 0 amide bonds. The lowest BCUT2D eigenvalue weighted by Gasteiger charge is -2.07. The van der Waals surface area contributed by atoms with Crippen molar-refractivity contribution in [2.75, 3.05) is 0 Å². The molecule has 1 heterocycles. The van der Waals surface area contributed by atoms with Gasteiger partial charge in [0.1, 0.15) is 12.2 Å². The molecule has 4 heteroatoms. The van der Waals surface area contributed by atoms with Crippen LogP contribution in [-0.2, 0) is 19.6 Å². The molecule has 0 spiro atoms. The molecule has 0 atom stereocenters. The van der Waals surface area contributed by atoms with Gasteiger partial charge in [-0.25, -0.2) is 9.67 Å². The molecule has 1 aromatic heterocycles. The molecular formula is C13H18N4. The third-order valence-corrected chi connectivity index (χ3v) is 2.86. The van der Waals surface area contributed by atoms with Crippen molar-refractivity contribution >= 4 is 0 Å². The Balaban J connectivity index is 1.90. The van der Waals surface area contributed by atoms with Gasteiger partial charge in [-0.15, -0.1) is 0 Å². The Hall–Kier alpha value is -1.68. The summed E-state index contributed by atoms with van der Waals surface area (Å²) in [5, 5.41) is 7.54. The first-order chi connectivity index (χ1) is 8.31. The normalized spacial score (nSPS) is 10.7. The zero-order valence-corrected chi connectivity index (χ0v) is 10.3. The minimum Gasteiger partial charge on any atom is -0.306 e. The second kappa shape index (κ2) is 5.59. The predicted octanol–water partition coefficient (Wildman–Crippen LogP) is 1.90. The third-order valence-electron chi connectivity index (χ3n) is 2.86. The van der Waals surface area contributed by atoms with Crippen LogP contribution in [0.1, 0.15) is 23.9 Å². The maximum absolute atomic E-state index is 4.23. The first-order valence-corrected chi connectivity index (χ1v) is 5.93. The van der Waals surface area contributed by atoms with Gasteiger partial charge in [-0.1, -0.05) is 24.3 Å². The van der Waals surface area contributed by atoms with E-state index < -0.39 is 0 Å². The van der Waals surface area contributed by atoms with Crippen LogP contribution in [0.5, 0.6) is 0 Å². The van der Waals surface area contributed by atoms with Crippen molar-refractivity contribution in [1.29, 1.82) is 0 Å². The van der Waals surface area contributed by atoms with Crippen LogP contribution in [-0.4, -0.2) is 14.8 Å². The molecule has 0 saturated heterocycles. The number of nitrogens with zero attached hydrogens (tertiary/aromatic N) is 3. The smallest absolute Gasteiger partial charge is 0.140 e. The summed E-state index contributed by atoms with van der Waals surface area (Å²) in [6.45, 7) is 6.68. The van der Waals surface area contributed by atoms with Gasteiger partial charge in [0.25, 0.3) is 0 Å². The summed E-state index contributed by atoms with van der Waals surface area (Å²) in [6, 6.07) is 8.41. The summed E-state index contributed by atoms with van der Waals surface area (Å²) in [6.07, 6.45) is 1.61. The molecule has 0 fully saturated rings. The SMILES string of the molecule is CCn1ncnc1CNCc1ccccc1C. The Labute approximate surface area is 102 Å². The summed E-state index contributed by atoms with van der Waals surface area (Å²) in [5.74, 6) is 0.987. The average molecular weight is 230 g/mol. The first kappa shape index (κ1) is 11.8. The number of nitrogens with one attached hydrogen (secondary N) is 1. The minimum atomic E-state index is 0.752. The van der Waals surface area contributed by atoms with E-state index in [0.29, 0.717) is 0 Å². The molecule has 1 aromatic carbocycles. The molecule has 1 N–H and O–H groups in total. The van der Waals surface area contributed by atoms with E-state index in [1.807, 2.05) is 4.68 Å². The molecule has 0 unspecified atom stereocenters. The predicted molar refractivity (Wildman–Crippen MR) is 67.4 cm³/mol. The van der Waals surface area contributed by atoms with Gasteiger partial charge >= 0.3 is 0 Å². The van der Waals surface area contributed by atoms with Crippen molar-refractivity contribution in [3.63, 3.8) is 0 Å². The van der Waals surface area contributed by atoms with E-state index in [2.05, 4.69) is 53.5 Å². The van der Waals surface area contributed by atoms with E-state index in [4.69, 9.17) is 0 Å². The van der Waals surface area contributed by atoms with Gasteiger partial charge in [0.2, 0.25) is 0 Å². The fraction of sp³-hybridized carbons (Fsp3) is 0.385. The van der Waals surface area contributed by atoms with Crippen LogP contribution in [0.3, 0.4) is 0 Å². The lowest BCUT2D eigenvalue weighted by molar-refractivity contribution is 0.571. The van der Waals surface area contributed by atoms with Crippen LogP contribution in [0.2, 0.25) is 0 Å². The quantitative estimate of drug-likeness (QED) is 0.853. The van der Waals surface area contributed by atoms with Crippen molar-refractivity contribution in [3.8, 4) is 0 Å². The number of hydrogen-bond acceptors (Lipinski definition) is 3. The molecule has 2 rings (SSSR count). The number of hydrogen-bond donors (Lipinski definition) is 1. The number of aryl methyl sites for hydroxylation is 2. The van der Waals surface area contributed by atoms with E-state index in [0.717, 1.165) is 25.5 Å². The molecule has 17 heavy (non-hydrogen) atoms. The van der Waals surface area contributed by atoms with Crippen LogP contribution in [0, 0.1) is 6.92 Å². The van der Waals surface area contributed by atoms with E-state index >= 15 is 0 Å². The Morgan fingerprint density at radius 2 is 2.06 bits per heavy atom. The Morgan fingerprint density at radius 3 is 2.82 bits per heavy atom. The second-order valence-electron chi connectivity index (χ2n) is 4.02. The van der Waals surface area contributed by atoms with Gasteiger partial charge < -0.3 is 5.32 Å². The van der Waals surface area contributed by atoms with Gasteiger partial charge in [-0.3, -0.25) is 0 Å². The first-order valence-electron chi connectivity index (χ1n) is 5.93. The highest BCUT2D eigenvalue weighted by molar-refractivity contribution is 5.25. The van der Waals surface area contributed by atoms with Crippen molar-refractivity contribution in [3.05, 3.63) is 47.5 Å². The molecule has 0 radical (unpaired) electrons. The van der Waals surface area contributed by atoms with Crippen LogP contribution in [0.4, 0.5) is 0 Å². The molecule has 0 saturated carbocycles. The molecule has 0 aliphatic rings. The second-order valence-corrected chi connectivity index (χ2v) is 4.02. The summed E-state index contributed by atoms with van der Waals surface area (Å²) >= 11 is 0. The van der Waals surface area contributed by atoms with E-state index in [1.54, 1.807) is 6.33 Å². The number of aromatic nitrogens is 3. The van der Waals surface area contributed by atoms with Gasteiger partial charge in [0.15, 0.2) is 0 Å². The zero-order chi connectivity index (χ0) is 12.1. The molecule has 0 aliphatic carbocycles. The van der Waals surface area contributed by atoms with Crippen LogP contribution < -0.4 is 5.32 Å². The maximum Gasteiger partial charge on any atom is 0.140 e. The van der Waals surface area contributed by atoms with Crippen LogP contribution >= 0.6 is 0 Å². The summed E-state index contributed by atoms with van der Waals surface area (Å²) in [4.78, 5) is 4.23. The van der Waals surface area contributed by atoms with Gasteiger partial charge in [0, 0.05) is 13.1 Å². The molecule has 2 aromatic rings. The van der Waals surface area contributed by atoms with Crippen LogP contribution in [0.25, 0.3) is 0 Å². The van der Waals surface area contributed by atoms with Crippen molar-refractivity contribution in [2.45, 2.75) is 33.5 Å². The fourth-order valence-corrected chi connectivity index (χ4v) is 1.81. The lowest BCUT2D eigenvalue weighted by Crippen LogP contribution is -2.17. The summed E-state index contributed by atoms with van der Waals surface area (Å²) in [5.41, 5.74) is 2.65. The highest BCUT2D eigenvalue weighted by atomic mass is 15.3. The Morgan fingerprint density at radius 1 is 1.24 bits per heavy atom. The van der Waals surface area contributed by atoms with Crippen molar-refractivity contribution in [1.82, 2.24) is 20.1 Å². The molecule has 4 nitrogen and oxygen atoms in total. The molecule has 0 bridgehead atoms. The van der Waals surface area contributed by atoms with Crippen molar-refractivity contribution in [2.24, 2.45) is 0 Å². The molecule has 90 valence electrons. The van der Waals surface area contributed by atoms with Crippen molar-refractivity contribution < 1.29 is 0 Å². The fourth-order valence-electron chi connectivity index (χ4n) is 1.81. The standard InChI is InChI=1S/C13H18N4/c1-3-17-13(15-10-16-17)9-14-8-12-7-5-4-6-11(12)2/h4-7,10,14H,3,8-9H2,1-2H3. The average Bonchev–Trinajstić information content (AvgIpc) is 2.79. The summed E-state index contributed by atoms with van der Waals surface area (Å²) in [7, 11) is 0. The van der Waals surface area contributed by atoms with Crippen LogP contribution in [0.15, 0.2) is 30.6 Å². The molecule has 0 aliphatic heterocycles. The lowest BCUT2D eigenvalue weighted by atomic mass is 10.1. The van der Waals surface area contributed by atoms with E-state index in [-0.39, 0.29) is 0 Å². The van der Waals surface area contributed by atoms with E-state index in [9.17, 15) is 0 Å². The highest BCUT2D eigenvalue weighted by Crippen LogP contribution is 2.06. The minimum absolute atomic E-state index is 0.752. The number of rotatable bonds is 5. The number of benzene rings is 1. The highest BCUT2D eigenvalue weighted by Gasteiger charge is 2.02. The molecular weight excluding hydrogens is 212 g/mol. The van der Waals surface area contributed by atoms with Gasteiger partial charge in [-0.2, -0.15) is 5.10 Å². The Kier molecular flexibility index (Phi) is 3.88. The van der Waals surface area contributed by atoms with Gasteiger partial charge in [-0.05, 0) is 25.0 Å². The maximum atomic E-state index is 4.23. The monoisotopic (exact) mass is 230 g/mol. The Bertz CT molecular complexity index is 476. The largest absolute Gasteiger partial charge is 0.306 e. The van der Waals surface area contributed by atoms with E-state index in [1.165, 1.54) is 11.1 Å². The third kappa shape index (κ3) is 2.91. The van der Waals surface area contributed by atoms with Gasteiger partial charge in [0.05, 0.1) is 6.54 Å². The zero-order valence-electron chi connectivity index (χ0n) is 10.3. The topological polar surface area (TPSA) is 42.7 Å².